The average Bonchev–Trinajstić information content (AvgIpc) is 3.57. The van der Waals surface area contributed by atoms with Crippen molar-refractivity contribution in [1.29, 1.82) is 0 Å². The molecule has 0 spiro atoms. The molecule has 2 amide bonds. The molecule has 0 radical (unpaired) electrons. The summed E-state index contributed by atoms with van der Waals surface area (Å²) in [5.74, 6) is -1.24. The number of thiophene rings is 1. The van der Waals surface area contributed by atoms with Crippen LogP contribution in [0.5, 0.6) is 0 Å². The molecular weight excluding hydrogens is 512 g/mol. The summed E-state index contributed by atoms with van der Waals surface area (Å²) in [6, 6.07) is 8.36. The van der Waals surface area contributed by atoms with E-state index in [-0.39, 0.29) is 24.2 Å². The Labute approximate surface area is 212 Å². The fourth-order valence-electron chi connectivity index (χ4n) is 3.63. The summed E-state index contributed by atoms with van der Waals surface area (Å²) >= 11 is 8.48. The number of nitrogens with one attached hydrogen (secondary N) is 3. The molecule has 10 nitrogen and oxygen atoms in total. The highest BCUT2D eigenvalue weighted by atomic mass is 35.5. The molecule has 13 heteroatoms. The number of anilines is 1. The Kier molecular flexibility index (Phi) is 6.52. The van der Waals surface area contributed by atoms with Crippen LogP contribution in [0.4, 0.5) is 5.69 Å². The summed E-state index contributed by atoms with van der Waals surface area (Å²) in [4.78, 5) is 45.3. The molecule has 5 rings (SSSR count). The predicted octanol–water partition coefficient (Wildman–Crippen LogP) is 3.37. The normalized spacial score (nSPS) is 13.4. The van der Waals surface area contributed by atoms with Crippen molar-refractivity contribution in [3.8, 4) is 11.5 Å². The van der Waals surface area contributed by atoms with Crippen LogP contribution in [0, 0.1) is 0 Å². The molecule has 0 atom stereocenters. The summed E-state index contributed by atoms with van der Waals surface area (Å²) in [5, 5.41) is 12.2. The molecule has 3 N–H and O–H groups in total. The van der Waals surface area contributed by atoms with Crippen molar-refractivity contribution in [2.24, 2.45) is 0 Å². The number of carbonyl (C=O) groups is 2. The van der Waals surface area contributed by atoms with E-state index in [1.54, 1.807) is 30.3 Å². The molecular formula is C22H19ClN6O4S2. The van der Waals surface area contributed by atoms with Crippen LogP contribution in [-0.2, 0) is 19.5 Å². The molecule has 1 aliphatic rings. The van der Waals surface area contributed by atoms with Crippen LogP contribution >= 0.6 is 34.3 Å². The van der Waals surface area contributed by atoms with Crippen LogP contribution in [0.2, 0.25) is 4.34 Å². The van der Waals surface area contributed by atoms with Gasteiger partial charge in [-0.05, 0) is 36.9 Å². The van der Waals surface area contributed by atoms with Gasteiger partial charge in [0.15, 0.2) is 5.01 Å². The van der Waals surface area contributed by atoms with Crippen LogP contribution in [0.25, 0.3) is 11.5 Å². The zero-order valence-corrected chi connectivity index (χ0v) is 20.8. The SMILES string of the molecule is CN1CCc2nc(C(=O)Nc3cc(-c4n[nH]c(=O)o4)ccc3CNC(=O)c3ccc(Cl)s3)sc2C1. The Bertz CT molecular complexity index is 1470. The molecule has 180 valence electrons. The van der Waals surface area contributed by atoms with Gasteiger partial charge in [0.25, 0.3) is 11.8 Å². The summed E-state index contributed by atoms with van der Waals surface area (Å²) in [6.45, 7) is 1.81. The van der Waals surface area contributed by atoms with Gasteiger partial charge in [-0.15, -0.1) is 27.8 Å². The molecule has 0 unspecified atom stereocenters. The van der Waals surface area contributed by atoms with E-state index in [1.165, 1.54) is 22.7 Å². The highest BCUT2D eigenvalue weighted by molar-refractivity contribution is 7.18. The maximum atomic E-state index is 13.1. The third kappa shape index (κ3) is 5.20. The predicted molar refractivity (Wildman–Crippen MR) is 133 cm³/mol. The molecule has 1 aliphatic heterocycles. The second kappa shape index (κ2) is 9.74. The highest BCUT2D eigenvalue weighted by Crippen LogP contribution is 2.28. The number of hydrogen-bond acceptors (Lipinski definition) is 9. The number of amides is 2. The van der Waals surface area contributed by atoms with E-state index in [0.717, 1.165) is 30.1 Å². The Hall–Kier alpha value is -3.32. The van der Waals surface area contributed by atoms with Gasteiger partial charge in [-0.2, -0.15) is 0 Å². The van der Waals surface area contributed by atoms with E-state index in [0.29, 0.717) is 31.0 Å². The quantitative estimate of drug-likeness (QED) is 0.348. The number of thiazole rings is 1. The van der Waals surface area contributed by atoms with E-state index < -0.39 is 5.76 Å². The minimum Gasteiger partial charge on any atom is -0.388 e. The fourth-order valence-corrected chi connectivity index (χ4v) is 5.67. The van der Waals surface area contributed by atoms with Crippen LogP contribution in [0.3, 0.4) is 0 Å². The van der Waals surface area contributed by atoms with Crippen molar-refractivity contribution in [3.05, 3.63) is 71.2 Å². The van der Waals surface area contributed by atoms with Gasteiger partial charge in [0.2, 0.25) is 5.89 Å². The lowest BCUT2D eigenvalue weighted by atomic mass is 10.1. The van der Waals surface area contributed by atoms with Crippen LogP contribution < -0.4 is 16.4 Å². The van der Waals surface area contributed by atoms with E-state index >= 15 is 0 Å². The summed E-state index contributed by atoms with van der Waals surface area (Å²) in [6.07, 6.45) is 0.799. The Morgan fingerprint density at radius 3 is 2.83 bits per heavy atom. The second-order valence-electron chi connectivity index (χ2n) is 7.91. The van der Waals surface area contributed by atoms with Gasteiger partial charge in [0, 0.05) is 42.2 Å². The van der Waals surface area contributed by atoms with Gasteiger partial charge >= 0.3 is 5.76 Å². The van der Waals surface area contributed by atoms with Gasteiger partial charge in [-0.3, -0.25) is 9.59 Å². The van der Waals surface area contributed by atoms with E-state index in [9.17, 15) is 14.4 Å². The molecule has 0 fully saturated rings. The maximum Gasteiger partial charge on any atom is 0.434 e. The largest absolute Gasteiger partial charge is 0.434 e. The average molecular weight is 531 g/mol. The first-order chi connectivity index (χ1) is 16.9. The van der Waals surface area contributed by atoms with Gasteiger partial charge in [-0.25, -0.2) is 14.9 Å². The summed E-state index contributed by atoms with van der Waals surface area (Å²) in [7, 11) is 2.03. The number of aromatic nitrogens is 3. The number of fused-ring (bicyclic) bond motifs is 1. The first kappa shape index (κ1) is 23.4. The van der Waals surface area contributed by atoms with Crippen molar-refractivity contribution in [2.45, 2.75) is 19.5 Å². The lowest BCUT2D eigenvalue weighted by molar-refractivity contribution is 0.0954. The van der Waals surface area contributed by atoms with Crippen molar-refractivity contribution in [2.75, 3.05) is 18.9 Å². The van der Waals surface area contributed by atoms with E-state index in [2.05, 4.69) is 30.7 Å². The number of hydrogen-bond donors (Lipinski definition) is 3. The molecule has 4 heterocycles. The second-order valence-corrected chi connectivity index (χ2v) is 10.7. The maximum absolute atomic E-state index is 13.1. The van der Waals surface area contributed by atoms with E-state index in [4.69, 9.17) is 16.0 Å². The van der Waals surface area contributed by atoms with Crippen LogP contribution in [0.15, 0.2) is 39.5 Å². The Morgan fingerprint density at radius 1 is 1.23 bits per heavy atom. The number of carbonyl (C=O) groups excluding carboxylic acids is 2. The first-order valence-electron chi connectivity index (χ1n) is 10.6. The van der Waals surface area contributed by atoms with Gasteiger partial charge in [0.05, 0.1) is 14.9 Å². The number of nitrogens with zero attached hydrogens (tertiary/aromatic N) is 3. The minimum absolute atomic E-state index is 0.0852. The molecule has 1 aromatic carbocycles. The molecule has 0 saturated carbocycles. The number of aromatic amines is 1. The standard InChI is InChI=1S/C22H19ClN6O4S2/c1-29-7-6-13-16(10-29)35-21(26-13)19(31)25-14-8-11(20-27-28-22(32)33-20)2-3-12(14)9-24-18(30)15-4-5-17(23)34-15/h2-5,8H,6-7,9-10H2,1H3,(H,24,30)(H,25,31)(H,28,32). The smallest absolute Gasteiger partial charge is 0.388 e. The molecule has 3 aromatic heterocycles. The molecule has 0 saturated heterocycles. The fraction of sp³-hybridized carbons (Fsp3) is 0.227. The molecule has 4 aromatic rings. The summed E-state index contributed by atoms with van der Waals surface area (Å²) in [5.41, 5.74) is 2.52. The molecule has 0 aliphatic carbocycles. The first-order valence-corrected chi connectivity index (χ1v) is 12.6. The lowest BCUT2D eigenvalue weighted by Crippen LogP contribution is -2.25. The number of likely N-dealkylation sites (N-methyl/N-ethyl adjacent to an activating group) is 1. The molecule has 35 heavy (non-hydrogen) atoms. The van der Waals surface area contributed by atoms with Crippen molar-refractivity contribution in [3.63, 3.8) is 0 Å². The number of rotatable bonds is 6. The third-order valence-electron chi connectivity index (χ3n) is 5.40. The van der Waals surface area contributed by atoms with Gasteiger partial charge in [-0.1, -0.05) is 17.7 Å². The summed E-state index contributed by atoms with van der Waals surface area (Å²) < 4.78 is 5.57. The zero-order valence-electron chi connectivity index (χ0n) is 18.4. The zero-order chi connectivity index (χ0) is 24.5. The number of halogens is 1. The topological polar surface area (TPSA) is 133 Å². The number of benzene rings is 1. The van der Waals surface area contributed by atoms with Gasteiger partial charge < -0.3 is 20.0 Å². The van der Waals surface area contributed by atoms with E-state index in [1.807, 2.05) is 7.05 Å². The monoisotopic (exact) mass is 530 g/mol. The Morgan fingerprint density at radius 2 is 2.09 bits per heavy atom. The van der Waals surface area contributed by atoms with Crippen LogP contribution in [0.1, 0.15) is 35.6 Å². The van der Waals surface area contributed by atoms with Crippen molar-refractivity contribution < 1.29 is 14.0 Å². The van der Waals surface area contributed by atoms with Gasteiger partial charge in [0.1, 0.15) is 0 Å². The van der Waals surface area contributed by atoms with Crippen molar-refractivity contribution >= 4 is 51.8 Å². The lowest BCUT2D eigenvalue weighted by Gasteiger charge is -2.20. The minimum atomic E-state index is -0.685. The Balaban J connectivity index is 1.40. The highest BCUT2D eigenvalue weighted by Gasteiger charge is 2.22. The van der Waals surface area contributed by atoms with Crippen LogP contribution in [-0.4, -0.2) is 45.5 Å². The third-order valence-corrected chi connectivity index (χ3v) is 7.71. The number of H-pyrrole nitrogens is 1. The van der Waals surface area contributed by atoms with Crippen molar-refractivity contribution in [1.82, 2.24) is 25.4 Å². The molecule has 0 bridgehead atoms.